The Morgan fingerprint density at radius 3 is 2.38 bits per heavy atom. The van der Waals surface area contributed by atoms with Gasteiger partial charge in [-0.3, -0.25) is 4.90 Å². The Morgan fingerprint density at radius 1 is 1.10 bits per heavy atom. The molecule has 0 saturated carbocycles. The third kappa shape index (κ3) is 4.28. The molecule has 1 fully saturated rings. The third-order valence-corrected chi connectivity index (χ3v) is 3.09. The highest BCUT2D eigenvalue weighted by atomic mass is 19.4. The quantitative estimate of drug-likeness (QED) is 0.683. The summed E-state index contributed by atoms with van der Waals surface area (Å²) in [5.41, 5.74) is 0.406. The highest BCUT2D eigenvalue weighted by molar-refractivity contribution is 5.47. The number of nitrogens with one attached hydrogen (secondary N) is 1. The molecule has 0 bridgehead atoms. The lowest BCUT2D eigenvalue weighted by Crippen LogP contribution is -2.43. The van der Waals surface area contributed by atoms with Crippen molar-refractivity contribution in [2.75, 3.05) is 31.6 Å². The van der Waals surface area contributed by atoms with E-state index in [0.717, 1.165) is 0 Å². The molecule has 1 N–H and O–H groups in total. The second kappa shape index (κ2) is 6.15. The monoisotopic (exact) mass is 310 g/mol. The molecule has 8 heteroatoms. The molecule has 0 atom stereocenters. The molecular weight excluding hydrogens is 295 g/mol. The molecule has 0 radical (unpaired) electrons. The van der Waals surface area contributed by atoms with E-state index < -0.39 is 12.2 Å². The smallest absolute Gasteiger partial charge is 0.379 e. The van der Waals surface area contributed by atoms with Crippen LogP contribution in [0.5, 0.6) is 0 Å². The molecule has 1 aliphatic rings. The van der Waals surface area contributed by atoms with Crippen molar-refractivity contribution in [1.82, 2.24) is 4.90 Å². The average Bonchev–Trinajstić information content (AvgIpc) is 2.38. The maximum Gasteiger partial charge on any atom is 0.475 e. The van der Waals surface area contributed by atoms with Crippen molar-refractivity contribution in [2.45, 2.75) is 18.8 Å². The number of ether oxygens (including phenoxy) is 1. The molecule has 0 aliphatic carbocycles. The number of halogens is 5. The number of rotatable bonds is 4. The highest BCUT2D eigenvalue weighted by Gasteiger charge is 2.57. The van der Waals surface area contributed by atoms with Crippen LogP contribution in [-0.2, 0) is 11.3 Å². The minimum atomic E-state index is -5.63. The van der Waals surface area contributed by atoms with Gasteiger partial charge in [0.1, 0.15) is 0 Å². The molecule has 118 valence electrons. The summed E-state index contributed by atoms with van der Waals surface area (Å²) in [4.78, 5) is 2.05. The van der Waals surface area contributed by atoms with E-state index in [2.05, 4.69) is 0 Å². The maximum absolute atomic E-state index is 12.9. The minimum absolute atomic E-state index is 0.261. The van der Waals surface area contributed by atoms with Gasteiger partial charge in [0.2, 0.25) is 0 Å². The van der Waals surface area contributed by atoms with Crippen LogP contribution in [0.15, 0.2) is 24.3 Å². The zero-order valence-electron chi connectivity index (χ0n) is 11.1. The largest absolute Gasteiger partial charge is 0.475 e. The van der Waals surface area contributed by atoms with Crippen molar-refractivity contribution in [3.8, 4) is 0 Å². The van der Waals surface area contributed by atoms with Crippen LogP contribution in [0.3, 0.4) is 0 Å². The van der Waals surface area contributed by atoms with Gasteiger partial charge in [-0.05, 0) is 17.7 Å². The molecule has 0 spiro atoms. The average molecular weight is 310 g/mol. The molecule has 2 rings (SSSR count). The van der Waals surface area contributed by atoms with Gasteiger partial charge in [0.05, 0.1) is 13.2 Å². The van der Waals surface area contributed by atoms with Crippen molar-refractivity contribution in [1.29, 1.82) is 0 Å². The Bertz CT molecular complexity index is 472. The molecule has 0 aromatic heterocycles. The van der Waals surface area contributed by atoms with Gasteiger partial charge in [-0.15, -0.1) is 0 Å². The lowest BCUT2D eigenvalue weighted by Gasteiger charge is -2.27. The Kier molecular flexibility index (Phi) is 4.67. The highest BCUT2D eigenvalue weighted by Crippen LogP contribution is 2.36. The van der Waals surface area contributed by atoms with E-state index in [4.69, 9.17) is 4.74 Å². The second-order valence-electron chi connectivity index (χ2n) is 4.79. The number of anilines is 1. The van der Waals surface area contributed by atoms with E-state index in [9.17, 15) is 22.0 Å². The number of hydrogen-bond acceptors (Lipinski definition) is 3. The van der Waals surface area contributed by atoms with Gasteiger partial charge < -0.3 is 10.1 Å². The van der Waals surface area contributed by atoms with E-state index in [1.807, 2.05) is 4.90 Å². The van der Waals surface area contributed by atoms with Crippen LogP contribution >= 0.6 is 0 Å². The van der Waals surface area contributed by atoms with Crippen LogP contribution in [0.25, 0.3) is 0 Å². The zero-order chi connectivity index (χ0) is 15.5. The van der Waals surface area contributed by atoms with Crippen molar-refractivity contribution in [3.63, 3.8) is 0 Å². The number of hydrogen-bond donors (Lipinski definition) is 1. The fourth-order valence-corrected chi connectivity index (χ4v) is 2.02. The molecule has 21 heavy (non-hydrogen) atoms. The normalized spacial score (nSPS) is 17.8. The van der Waals surface area contributed by atoms with Gasteiger partial charge in [-0.2, -0.15) is 22.0 Å². The lowest BCUT2D eigenvalue weighted by atomic mass is 10.2. The molecule has 1 aliphatic heterocycles. The predicted molar refractivity (Wildman–Crippen MR) is 67.2 cm³/mol. The van der Waals surface area contributed by atoms with Crippen LogP contribution in [0, 0.1) is 0 Å². The summed E-state index contributed by atoms with van der Waals surface area (Å²) < 4.78 is 67.5. The molecule has 1 heterocycles. The van der Waals surface area contributed by atoms with Crippen molar-refractivity contribution < 1.29 is 26.7 Å². The van der Waals surface area contributed by atoms with Crippen molar-refractivity contribution >= 4 is 5.69 Å². The SMILES string of the molecule is FC(F)(F)C(F)(F)Nc1cccc(CN2CCOCC2)c1. The van der Waals surface area contributed by atoms with Gasteiger partial charge in [0.15, 0.2) is 0 Å². The van der Waals surface area contributed by atoms with Gasteiger partial charge in [0, 0.05) is 25.3 Å². The number of morpholine rings is 1. The van der Waals surface area contributed by atoms with Crippen LogP contribution in [0.4, 0.5) is 27.6 Å². The Morgan fingerprint density at radius 2 is 1.76 bits per heavy atom. The summed E-state index contributed by atoms with van der Waals surface area (Å²) in [6, 6.07) is 0.666. The van der Waals surface area contributed by atoms with Crippen molar-refractivity contribution in [3.05, 3.63) is 29.8 Å². The predicted octanol–water partition coefficient (Wildman–Crippen LogP) is 3.09. The van der Waals surface area contributed by atoms with E-state index in [0.29, 0.717) is 38.4 Å². The Balaban J connectivity index is 2.03. The number of alkyl halides is 5. The first-order chi connectivity index (χ1) is 9.78. The van der Waals surface area contributed by atoms with E-state index >= 15 is 0 Å². The third-order valence-electron chi connectivity index (χ3n) is 3.09. The van der Waals surface area contributed by atoms with Gasteiger partial charge >= 0.3 is 12.2 Å². The standard InChI is InChI=1S/C13H15F5N2O/c14-12(15,16)13(17,18)19-11-3-1-2-10(8-11)9-20-4-6-21-7-5-20/h1-3,8,19H,4-7,9H2. The van der Waals surface area contributed by atoms with Crippen LogP contribution in [0.1, 0.15) is 5.56 Å². The number of benzene rings is 1. The summed E-state index contributed by atoms with van der Waals surface area (Å²) in [5, 5.41) is 1.23. The van der Waals surface area contributed by atoms with E-state index in [1.54, 1.807) is 6.07 Å². The zero-order valence-corrected chi connectivity index (χ0v) is 11.1. The fraction of sp³-hybridized carbons (Fsp3) is 0.538. The van der Waals surface area contributed by atoms with E-state index in [-0.39, 0.29) is 5.69 Å². The first-order valence-electron chi connectivity index (χ1n) is 6.40. The molecule has 1 aromatic carbocycles. The van der Waals surface area contributed by atoms with Gasteiger partial charge in [0.25, 0.3) is 0 Å². The van der Waals surface area contributed by atoms with E-state index in [1.165, 1.54) is 23.5 Å². The molecule has 0 unspecified atom stereocenters. The van der Waals surface area contributed by atoms with Gasteiger partial charge in [-0.1, -0.05) is 12.1 Å². The van der Waals surface area contributed by atoms with Crippen LogP contribution in [0.2, 0.25) is 0 Å². The summed E-state index contributed by atoms with van der Waals surface area (Å²) in [5.74, 6) is 0. The fourth-order valence-electron chi connectivity index (χ4n) is 2.02. The summed E-state index contributed by atoms with van der Waals surface area (Å²) in [6.45, 7) is 3.07. The van der Waals surface area contributed by atoms with Gasteiger partial charge in [-0.25, -0.2) is 0 Å². The second-order valence-corrected chi connectivity index (χ2v) is 4.79. The minimum Gasteiger partial charge on any atom is -0.379 e. The Labute approximate surface area is 118 Å². The molecule has 1 saturated heterocycles. The summed E-state index contributed by atoms with van der Waals surface area (Å²) in [6.07, 6.45) is -5.63. The van der Waals surface area contributed by atoms with Crippen molar-refractivity contribution in [2.24, 2.45) is 0 Å². The molecule has 0 amide bonds. The topological polar surface area (TPSA) is 24.5 Å². The Hall–Kier alpha value is -1.41. The summed E-state index contributed by atoms with van der Waals surface area (Å²) in [7, 11) is 0. The maximum atomic E-state index is 12.9. The van der Waals surface area contributed by atoms with Crippen LogP contribution in [-0.4, -0.2) is 43.4 Å². The first-order valence-corrected chi connectivity index (χ1v) is 6.40. The lowest BCUT2D eigenvalue weighted by molar-refractivity contribution is -0.268. The molecule has 3 nitrogen and oxygen atoms in total. The molecule has 1 aromatic rings. The number of nitrogens with zero attached hydrogens (tertiary/aromatic N) is 1. The first kappa shape index (κ1) is 16.0. The summed E-state index contributed by atoms with van der Waals surface area (Å²) >= 11 is 0. The molecular formula is C13H15F5N2O. The van der Waals surface area contributed by atoms with Crippen LogP contribution < -0.4 is 5.32 Å².